The van der Waals surface area contributed by atoms with E-state index >= 15 is 0 Å². The van der Waals surface area contributed by atoms with Crippen LogP contribution in [0, 0.1) is 5.92 Å². The maximum Gasteiger partial charge on any atom is 0.223 e. The minimum absolute atomic E-state index is 0.172. The summed E-state index contributed by atoms with van der Waals surface area (Å²) < 4.78 is 0. The highest BCUT2D eigenvalue weighted by molar-refractivity contribution is 5.78. The summed E-state index contributed by atoms with van der Waals surface area (Å²) in [4.78, 5) is 15.0. The molecule has 1 amide bonds. The molecule has 0 aromatic heterocycles. The van der Waals surface area contributed by atoms with Gasteiger partial charge in [0.1, 0.15) is 0 Å². The van der Waals surface area contributed by atoms with Crippen molar-refractivity contribution >= 4 is 5.91 Å². The van der Waals surface area contributed by atoms with Gasteiger partial charge in [0.05, 0.1) is 0 Å². The van der Waals surface area contributed by atoms with Crippen LogP contribution >= 0.6 is 0 Å². The molecule has 0 spiro atoms. The first-order chi connectivity index (χ1) is 12.8. The molecule has 1 aliphatic heterocycles. The number of likely N-dealkylation sites (tertiary alicyclic amines) is 1. The van der Waals surface area contributed by atoms with Gasteiger partial charge in [0.15, 0.2) is 0 Å². The predicted molar refractivity (Wildman–Crippen MR) is 105 cm³/mol. The van der Waals surface area contributed by atoms with Gasteiger partial charge in [0.2, 0.25) is 5.91 Å². The first kappa shape index (κ1) is 17.3. The van der Waals surface area contributed by atoms with E-state index in [2.05, 4.69) is 46.6 Å². The Morgan fingerprint density at radius 2 is 1.69 bits per heavy atom. The Hall–Kier alpha value is -2.13. The number of hydrogen-bond donors (Lipinski definition) is 1. The summed E-state index contributed by atoms with van der Waals surface area (Å²) >= 11 is 0. The third-order valence-corrected chi connectivity index (χ3v) is 6.00. The Kier molecular flexibility index (Phi) is 5.35. The molecule has 2 aromatic carbocycles. The molecule has 1 heterocycles. The van der Waals surface area contributed by atoms with Crippen molar-refractivity contribution in [3.05, 3.63) is 71.3 Å². The van der Waals surface area contributed by atoms with Gasteiger partial charge in [0, 0.05) is 19.0 Å². The molecule has 0 radical (unpaired) electrons. The van der Waals surface area contributed by atoms with Crippen LogP contribution in [0.2, 0.25) is 0 Å². The van der Waals surface area contributed by atoms with E-state index < -0.39 is 0 Å². The number of nitrogens with zero attached hydrogens (tertiary/aromatic N) is 1. The molecule has 26 heavy (non-hydrogen) atoms. The minimum Gasteiger partial charge on any atom is -0.352 e. The number of nitrogens with one attached hydrogen (secondary N) is 1. The van der Waals surface area contributed by atoms with E-state index in [9.17, 15) is 4.79 Å². The number of piperidine rings is 1. The molecule has 0 bridgehead atoms. The lowest BCUT2D eigenvalue weighted by Gasteiger charge is -2.33. The van der Waals surface area contributed by atoms with Crippen molar-refractivity contribution < 1.29 is 4.79 Å². The van der Waals surface area contributed by atoms with Crippen molar-refractivity contribution in [2.24, 2.45) is 5.92 Å². The summed E-state index contributed by atoms with van der Waals surface area (Å²) in [6.45, 7) is 3.87. The molecule has 1 unspecified atom stereocenters. The van der Waals surface area contributed by atoms with Gasteiger partial charge in [-0.25, -0.2) is 0 Å². The Morgan fingerprint density at radius 3 is 2.50 bits per heavy atom. The number of fused-ring (bicyclic) bond motifs is 1. The number of benzene rings is 2. The van der Waals surface area contributed by atoms with Gasteiger partial charge in [-0.2, -0.15) is 0 Å². The van der Waals surface area contributed by atoms with E-state index in [4.69, 9.17) is 0 Å². The van der Waals surface area contributed by atoms with Crippen molar-refractivity contribution in [2.45, 2.75) is 38.1 Å². The summed E-state index contributed by atoms with van der Waals surface area (Å²) in [5.41, 5.74) is 4.25. The van der Waals surface area contributed by atoms with Gasteiger partial charge < -0.3 is 10.2 Å². The van der Waals surface area contributed by atoms with Crippen LogP contribution in [0.3, 0.4) is 0 Å². The summed E-state index contributed by atoms with van der Waals surface area (Å²) in [7, 11) is 0. The summed E-state index contributed by atoms with van der Waals surface area (Å²) in [5.74, 6) is 1.07. The second-order valence-electron chi connectivity index (χ2n) is 7.71. The highest BCUT2D eigenvalue weighted by atomic mass is 16.1. The number of carbonyl (C=O) groups excluding carboxylic acids is 1. The Morgan fingerprint density at radius 1 is 0.962 bits per heavy atom. The molecule has 1 aliphatic carbocycles. The zero-order valence-corrected chi connectivity index (χ0v) is 15.4. The number of rotatable bonds is 5. The molecule has 2 aliphatic rings. The van der Waals surface area contributed by atoms with E-state index in [0.717, 1.165) is 38.0 Å². The van der Waals surface area contributed by atoms with E-state index in [0.29, 0.717) is 12.5 Å². The highest BCUT2D eigenvalue weighted by Gasteiger charge is 2.28. The van der Waals surface area contributed by atoms with Crippen molar-refractivity contribution in [1.29, 1.82) is 0 Å². The summed E-state index contributed by atoms with van der Waals surface area (Å²) in [6, 6.07) is 19.0. The summed E-state index contributed by atoms with van der Waals surface area (Å²) in [5, 5.41) is 3.11. The van der Waals surface area contributed by atoms with Crippen molar-refractivity contribution in [3.8, 4) is 0 Å². The normalized spacial score (nSPS) is 20.7. The largest absolute Gasteiger partial charge is 0.352 e. The van der Waals surface area contributed by atoms with Crippen LogP contribution in [0.1, 0.15) is 41.9 Å². The molecule has 1 atom stereocenters. The molecule has 136 valence electrons. The Balaban J connectivity index is 1.23. The smallest absolute Gasteiger partial charge is 0.223 e. The standard InChI is InChI=1S/C23H28N2O/c26-23(24-16-18-6-2-1-3-7-18)20-12-14-25(15-13-20)17-21-11-10-19-8-4-5-9-22(19)21/h1-9,20-21H,10-17H2,(H,24,26). The van der Waals surface area contributed by atoms with E-state index in [1.165, 1.54) is 18.4 Å². The fraction of sp³-hybridized carbons (Fsp3) is 0.435. The molecule has 3 heteroatoms. The number of hydrogen-bond acceptors (Lipinski definition) is 2. The molecule has 1 N–H and O–H groups in total. The monoisotopic (exact) mass is 348 g/mol. The third kappa shape index (κ3) is 3.99. The van der Waals surface area contributed by atoms with Crippen molar-refractivity contribution in [2.75, 3.05) is 19.6 Å². The molecule has 4 rings (SSSR count). The lowest BCUT2D eigenvalue weighted by Crippen LogP contribution is -2.41. The van der Waals surface area contributed by atoms with Crippen LogP contribution in [0.5, 0.6) is 0 Å². The zero-order chi connectivity index (χ0) is 17.8. The molecule has 1 fully saturated rings. The van der Waals surface area contributed by atoms with Crippen LogP contribution in [0.4, 0.5) is 0 Å². The van der Waals surface area contributed by atoms with Crippen LogP contribution in [-0.2, 0) is 17.8 Å². The highest BCUT2D eigenvalue weighted by Crippen LogP contribution is 2.34. The number of carbonyl (C=O) groups is 1. The molecule has 2 aromatic rings. The van der Waals surface area contributed by atoms with Gasteiger partial charge >= 0.3 is 0 Å². The average molecular weight is 348 g/mol. The Bertz CT molecular complexity index is 735. The quantitative estimate of drug-likeness (QED) is 0.893. The first-order valence-corrected chi connectivity index (χ1v) is 9.91. The van der Waals surface area contributed by atoms with Gasteiger partial charge in [-0.05, 0) is 61.4 Å². The topological polar surface area (TPSA) is 32.3 Å². The lowest BCUT2D eigenvalue weighted by atomic mass is 9.94. The maximum absolute atomic E-state index is 12.5. The second-order valence-corrected chi connectivity index (χ2v) is 7.71. The Labute approximate surface area is 156 Å². The van der Waals surface area contributed by atoms with E-state index in [1.807, 2.05) is 18.2 Å². The van der Waals surface area contributed by atoms with Gasteiger partial charge in [-0.3, -0.25) is 4.79 Å². The van der Waals surface area contributed by atoms with Crippen LogP contribution in [0.25, 0.3) is 0 Å². The van der Waals surface area contributed by atoms with Gasteiger partial charge in [-0.1, -0.05) is 54.6 Å². The fourth-order valence-corrected chi connectivity index (χ4v) is 4.45. The van der Waals surface area contributed by atoms with Gasteiger partial charge in [0.25, 0.3) is 0 Å². The molecule has 3 nitrogen and oxygen atoms in total. The molecular formula is C23H28N2O. The SMILES string of the molecule is O=C(NCc1ccccc1)C1CCN(CC2CCc3ccccc32)CC1. The van der Waals surface area contributed by atoms with E-state index in [-0.39, 0.29) is 11.8 Å². The van der Waals surface area contributed by atoms with Crippen LogP contribution in [-0.4, -0.2) is 30.4 Å². The number of amides is 1. The number of aryl methyl sites for hydroxylation is 1. The van der Waals surface area contributed by atoms with E-state index in [1.54, 1.807) is 5.56 Å². The minimum atomic E-state index is 0.172. The van der Waals surface area contributed by atoms with Crippen molar-refractivity contribution in [3.63, 3.8) is 0 Å². The van der Waals surface area contributed by atoms with Gasteiger partial charge in [-0.15, -0.1) is 0 Å². The third-order valence-electron chi connectivity index (χ3n) is 6.00. The molecular weight excluding hydrogens is 320 g/mol. The van der Waals surface area contributed by atoms with Crippen molar-refractivity contribution in [1.82, 2.24) is 10.2 Å². The average Bonchev–Trinajstić information content (AvgIpc) is 3.10. The first-order valence-electron chi connectivity index (χ1n) is 9.91. The molecule has 1 saturated heterocycles. The van der Waals surface area contributed by atoms with Crippen LogP contribution < -0.4 is 5.32 Å². The second kappa shape index (κ2) is 8.05. The zero-order valence-electron chi connectivity index (χ0n) is 15.4. The predicted octanol–water partition coefficient (Wildman–Crippen LogP) is 3.74. The summed E-state index contributed by atoms with van der Waals surface area (Å²) in [6.07, 6.45) is 4.46. The lowest BCUT2D eigenvalue weighted by molar-refractivity contribution is -0.126. The van der Waals surface area contributed by atoms with Crippen LogP contribution in [0.15, 0.2) is 54.6 Å². The maximum atomic E-state index is 12.5. The molecule has 0 saturated carbocycles. The fourth-order valence-electron chi connectivity index (χ4n) is 4.45.